The van der Waals surface area contributed by atoms with Crippen LogP contribution in [0.25, 0.3) is 0 Å². The van der Waals surface area contributed by atoms with Gasteiger partial charge in [0.05, 0.1) is 48.5 Å². The maximum absolute atomic E-state index is 12.2. The van der Waals surface area contributed by atoms with Crippen molar-refractivity contribution in [2.75, 3.05) is 26.2 Å². The highest BCUT2D eigenvalue weighted by Crippen LogP contribution is 2.21. The van der Waals surface area contributed by atoms with Crippen LogP contribution in [0.4, 0.5) is 0 Å². The molecule has 6 nitrogen and oxygen atoms in total. The number of benzene rings is 2. The molecule has 0 heterocycles. The minimum absolute atomic E-state index is 0.00646. The molecule has 1 N–H and O–H groups in total. The summed E-state index contributed by atoms with van der Waals surface area (Å²) >= 11 is 0. The Balaban J connectivity index is 0.000000593. The van der Waals surface area contributed by atoms with Gasteiger partial charge in [0, 0.05) is 9.79 Å². The summed E-state index contributed by atoms with van der Waals surface area (Å²) in [5.74, 6) is -2.35. The fourth-order valence-corrected chi connectivity index (χ4v) is 8.19. The molecule has 0 spiro atoms. The molecule has 2 aromatic rings. The van der Waals surface area contributed by atoms with E-state index in [0.29, 0.717) is 9.79 Å². The van der Waals surface area contributed by atoms with Gasteiger partial charge in [0.15, 0.2) is 0 Å². The smallest absolute Gasteiger partial charge is 0.335 e. The third-order valence-electron chi connectivity index (χ3n) is 10.6. The van der Waals surface area contributed by atoms with Gasteiger partial charge in [-0.2, -0.15) is 0 Å². The summed E-state index contributed by atoms with van der Waals surface area (Å²) in [7, 11) is -1.50. The monoisotopic (exact) mass is 756 g/mol. The molecule has 0 bridgehead atoms. The minimum atomic E-state index is -1.50. The molecule has 1 unspecified atom stereocenters. The Kier molecular flexibility index (Phi) is 29.1. The van der Waals surface area contributed by atoms with Crippen LogP contribution in [0.2, 0.25) is 0 Å². The average Bonchev–Trinajstić information content (AvgIpc) is 3.17. The summed E-state index contributed by atoms with van der Waals surface area (Å²) in [6.07, 6.45) is 34.8. The predicted octanol–water partition coefficient (Wildman–Crippen LogP) is 12.2. The van der Waals surface area contributed by atoms with Gasteiger partial charge in [-0.25, -0.2) is 9.00 Å². The second-order valence-corrected chi connectivity index (χ2v) is 16.7. The van der Waals surface area contributed by atoms with Crippen LogP contribution in [0.5, 0.6) is 0 Å². The van der Waals surface area contributed by atoms with Crippen molar-refractivity contribution in [2.45, 2.75) is 192 Å². The maximum Gasteiger partial charge on any atom is 0.335 e. The third kappa shape index (κ3) is 23.1. The molecular weight excluding hydrogens is 679 g/mol. The normalized spacial score (nSPS) is 11.9. The fraction of sp³-hybridized carbons (Fsp3) is 0.696. The SMILES string of the molecule is CCCCCCCC[N+](CCCCCCCC)(CCCCCCCC)CCCCCCCC.O=C([O-])c1ccc(S(=O)c2ccc(C(=O)O)cc2)cc1. The molecule has 0 aliphatic rings. The first-order valence-electron chi connectivity index (χ1n) is 21.6. The van der Waals surface area contributed by atoms with Gasteiger partial charge in [0.25, 0.3) is 0 Å². The first-order chi connectivity index (χ1) is 25.7. The number of hydrogen-bond donors (Lipinski definition) is 1. The summed E-state index contributed by atoms with van der Waals surface area (Å²) in [6, 6.07) is 11.2. The van der Waals surface area contributed by atoms with E-state index in [4.69, 9.17) is 5.11 Å². The minimum Gasteiger partial charge on any atom is -0.545 e. The van der Waals surface area contributed by atoms with Crippen LogP contribution >= 0.6 is 0 Å². The molecule has 0 amide bonds. The predicted molar refractivity (Wildman–Crippen MR) is 222 cm³/mol. The Morgan fingerprint density at radius 2 is 0.736 bits per heavy atom. The molecule has 0 aliphatic carbocycles. The second kappa shape index (κ2) is 31.8. The molecule has 302 valence electrons. The van der Waals surface area contributed by atoms with Crippen molar-refractivity contribution in [1.82, 2.24) is 0 Å². The summed E-state index contributed by atoms with van der Waals surface area (Å²) < 4.78 is 13.7. The van der Waals surface area contributed by atoms with E-state index in [1.54, 1.807) is 0 Å². The van der Waals surface area contributed by atoms with Gasteiger partial charge in [-0.3, -0.25) is 0 Å². The van der Waals surface area contributed by atoms with E-state index < -0.39 is 22.7 Å². The molecule has 0 saturated carbocycles. The largest absolute Gasteiger partial charge is 0.545 e. The Labute approximate surface area is 327 Å². The van der Waals surface area contributed by atoms with Gasteiger partial charge < -0.3 is 19.5 Å². The van der Waals surface area contributed by atoms with Crippen molar-refractivity contribution in [1.29, 1.82) is 0 Å². The average molecular weight is 756 g/mol. The highest BCUT2D eigenvalue weighted by molar-refractivity contribution is 7.85. The van der Waals surface area contributed by atoms with Gasteiger partial charge in [0.1, 0.15) is 0 Å². The molecule has 2 aromatic carbocycles. The number of quaternary nitrogens is 1. The van der Waals surface area contributed by atoms with Crippen LogP contribution in [-0.4, -0.2) is 51.9 Å². The van der Waals surface area contributed by atoms with Gasteiger partial charge in [-0.05, 0) is 93.3 Å². The lowest BCUT2D eigenvalue weighted by Crippen LogP contribution is -2.50. The number of carbonyl (C=O) groups excluding carboxylic acids is 1. The quantitative estimate of drug-likeness (QED) is 0.0592. The molecule has 0 saturated heterocycles. The summed E-state index contributed by atoms with van der Waals surface area (Å²) in [5, 5.41) is 19.4. The van der Waals surface area contributed by atoms with Gasteiger partial charge in [-0.1, -0.05) is 143 Å². The zero-order chi connectivity index (χ0) is 39.0. The number of carboxylic acid groups (broad SMARTS) is 2. The first-order valence-corrected chi connectivity index (χ1v) is 22.8. The summed E-state index contributed by atoms with van der Waals surface area (Å²) in [5.41, 5.74) is 0.116. The number of unbranched alkanes of at least 4 members (excludes halogenated alkanes) is 20. The number of aromatic carboxylic acids is 2. The Hall–Kier alpha value is -2.51. The lowest BCUT2D eigenvalue weighted by molar-refractivity contribution is -0.929. The molecule has 7 heteroatoms. The van der Waals surface area contributed by atoms with Crippen molar-refractivity contribution >= 4 is 22.7 Å². The van der Waals surface area contributed by atoms with Crippen LogP contribution in [0.15, 0.2) is 58.3 Å². The Morgan fingerprint density at radius 1 is 0.472 bits per heavy atom. The van der Waals surface area contributed by atoms with Crippen molar-refractivity contribution in [3.8, 4) is 0 Å². The Bertz CT molecular complexity index is 1080. The van der Waals surface area contributed by atoms with Crippen molar-refractivity contribution in [3.63, 3.8) is 0 Å². The molecular formula is C46H77NO5S. The van der Waals surface area contributed by atoms with Crippen molar-refractivity contribution < 1.29 is 28.5 Å². The van der Waals surface area contributed by atoms with Crippen molar-refractivity contribution in [2.24, 2.45) is 0 Å². The van der Waals surface area contributed by atoms with Gasteiger partial charge in [0.2, 0.25) is 0 Å². The van der Waals surface area contributed by atoms with E-state index in [0.717, 1.165) is 0 Å². The molecule has 0 aliphatic heterocycles. The highest BCUT2D eigenvalue weighted by atomic mass is 32.2. The van der Waals surface area contributed by atoms with Crippen LogP contribution in [-0.2, 0) is 10.8 Å². The summed E-state index contributed by atoms with van der Waals surface area (Å²) in [6.45, 7) is 15.3. The molecule has 2 rings (SSSR count). The topological polar surface area (TPSA) is 94.5 Å². The van der Waals surface area contributed by atoms with Crippen LogP contribution in [0.1, 0.15) is 203 Å². The fourth-order valence-electron chi connectivity index (χ4n) is 7.15. The number of nitrogens with zero attached hydrogens (tertiary/aromatic N) is 1. The molecule has 0 radical (unpaired) electrons. The van der Waals surface area contributed by atoms with Crippen molar-refractivity contribution in [3.05, 3.63) is 59.7 Å². The number of carbonyl (C=O) groups is 2. The van der Waals surface area contributed by atoms with E-state index in [1.807, 2.05) is 0 Å². The number of carboxylic acids is 2. The van der Waals surface area contributed by atoms with E-state index >= 15 is 0 Å². The standard InChI is InChI=1S/C32H68N.C14H10O5S/c1-5-9-13-17-21-25-29-33(30-26-22-18-14-10-6-2,31-27-23-19-15-11-7-3)32-28-24-20-16-12-8-4;15-13(16)9-1-5-11(6-2-9)20(19)12-7-3-10(4-8-12)14(17)18/h5-32H2,1-4H3;1-8H,(H,15,16)(H,17,18)/q+1;/p-1. The van der Waals surface area contributed by atoms with E-state index in [-0.39, 0.29) is 11.1 Å². The lowest BCUT2D eigenvalue weighted by atomic mass is 10.0. The van der Waals surface area contributed by atoms with Crippen LogP contribution < -0.4 is 5.11 Å². The zero-order valence-corrected chi connectivity index (χ0v) is 35.2. The maximum atomic E-state index is 12.2. The Morgan fingerprint density at radius 3 is 1.00 bits per heavy atom. The number of hydrogen-bond acceptors (Lipinski definition) is 4. The van der Waals surface area contributed by atoms with Gasteiger partial charge in [-0.15, -0.1) is 0 Å². The van der Waals surface area contributed by atoms with E-state index in [9.17, 15) is 18.9 Å². The third-order valence-corrected chi connectivity index (χ3v) is 12.0. The molecule has 53 heavy (non-hydrogen) atoms. The van der Waals surface area contributed by atoms with E-state index in [1.165, 1.54) is 233 Å². The van der Waals surface area contributed by atoms with Crippen LogP contribution in [0, 0.1) is 0 Å². The highest BCUT2D eigenvalue weighted by Gasteiger charge is 2.25. The molecule has 1 atom stereocenters. The summed E-state index contributed by atoms with van der Waals surface area (Å²) in [4.78, 5) is 22.2. The van der Waals surface area contributed by atoms with E-state index in [2.05, 4.69) is 27.7 Å². The molecule has 0 fully saturated rings. The first kappa shape index (κ1) is 48.5. The lowest BCUT2D eigenvalue weighted by Gasteiger charge is -2.40. The van der Waals surface area contributed by atoms with Crippen LogP contribution in [0.3, 0.4) is 0 Å². The number of rotatable bonds is 32. The second-order valence-electron chi connectivity index (χ2n) is 15.2. The molecule has 0 aromatic heterocycles. The van der Waals surface area contributed by atoms with Gasteiger partial charge >= 0.3 is 5.97 Å². The zero-order valence-electron chi connectivity index (χ0n) is 34.4.